The average molecular weight is 224 g/mol. The first-order valence-electron chi connectivity index (χ1n) is 5.14. The maximum Gasteiger partial charge on any atom is 1.00 e. The molecule has 0 aliphatic rings. The molecule has 2 nitrogen and oxygen atoms in total. The van der Waals surface area contributed by atoms with Crippen LogP contribution in [0.5, 0.6) is 0 Å². The fourth-order valence-electron chi connectivity index (χ4n) is 1.26. The van der Waals surface area contributed by atoms with Gasteiger partial charge in [0.15, 0.2) is 0 Å². The Bertz CT molecular complexity index is 167. The molecule has 0 heterocycles. The SMILES string of the molecule is CCCCCC(C)C(C)(C)C(=O)[O-].[K+]. The van der Waals surface area contributed by atoms with Gasteiger partial charge in [-0.3, -0.25) is 0 Å². The molecule has 0 spiro atoms. The van der Waals surface area contributed by atoms with Crippen LogP contribution < -0.4 is 56.5 Å². The van der Waals surface area contributed by atoms with Gasteiger partial charge in [0.2, 0.25) is 0 Å². The molecule has 0 radical (unpaired) electrons. The summed E-state index contributed by atoms with van der Waals surface area (Å²) >= 11 is 0. The second-order valence-electron chi connectivity index (χ2n) is 4.41. The zero-order valence-electron chi connectivity index (χ0n) is 10.2. The van der Waals surface area contributed by atoms with Crippen LogP contribution in [0.4, 0.5) is 0 Å². The summed E-state index contributed by atoms with van der Waals surface area (Å²) in [5.74, 6) is -0.736. The molecule has 0 aromatic carbocycles. The Morgan fingerprint density at radius 2 is 1.86 bits per heavy atom. The standard InChI is InChI=1S/C11H22O2.K/c1-5-6-7-8-9(2)11(3,4)10(12)13;/h9H,5-8H2,1-4H3,(H,12,13);/q;+1/p-1. The van der Waals surface area contributed by atoms with Crippen molar-refractivity contribution in [2.75, 3.05) is 0 Å². The topological polar surface area (TPSA) is 40.1 Å². The van der Waals surface area contributed by atoms with Gasteiger partial charge in [0, 0.05) is 11.4 Å². The summed E-state index contributed by atoms with van der Waals surface area (Å²) in [6.07, 6.45) is 4.47. The molecule has 78 valence electrons. The van der Waals surface area contributed by atoms with E-state index < -0.39 is 11.4 Å². The third-order valence-electron chi connectivity index (χ3n) is 3.00. The monoisotopic (exact) mass is 224 g/mol. The van der Waals surface area contributed by atoms with Crippen molar-refractivity contribution in [3.63, 3.8) is 0 Å². The number of carboxylic acid groups (broad SMARTS) is 1. The number of carbonyl (C=O) groups is 1. The Labute approximate surface area is 130 Å². The van der Waals surface area contributed by atoms with E-state index in [1.807, 2.05) is 6.92 Å². The van der Waals surface area contributed by atoms with Crippen molar-refractivity contribution in [3.8, 4) is 0 Å². The molecule has 0 fully saturated rings. The van der Waals surface area contributed by atoms with Gasteiger partial charge in [0.25, 0.3) is 0 Å². The summed E-state index contributed by atoms with van der Waals surface area (Å²) in [7, 11) is 0. The molecular weight excluding hydrogens is 203 g/mol. The van der Waals surface area contributed by atoms with E-state index in [0.29, 0.717) is 0 Å². The van der Waals surface area contributed by atoms with Crippen molar-refractivity contribution in [1.82, 2.24) is 0 Å². The van der Waals surface area contributed by atoms with Gasteiger partial charge in [-0.1, -0.05) is 47.0 Å². The predicted octanol–water partition coefficient (Wildman–Crippen LogP) is -1.02. The van der Waals surface area contributed by atoms with Gasteiger partial charge in [-0.2, -0.15) is 0 Å². The molecule has 0 amide bonds. The molecule has 0 rings (SSSR count). The quantitative estimate of drug-likeness (QED) is 0.428. The van der Waals surface area contributed by atoms with Crippen molar-refractivity contribution < 1.29 is 61.3 Å². The second-order valence-corrected chi connectivity index (χ2v) is 4.41. The largest absolute Gasteiger partial charge is 1.00 e. The van der Waals surface area contributed by atoms with Crippen LogP contribution >= 0.6 is 0 Å². The molecule has 0 bridgehead atoms. The summed E-state index contributed by atoms with van der Waals surface area (Å²) in [4.78, 5) is 10.8. The first kappa shape index (κ1) is 17.5. The van der Waals surface area contributed by atoms with Crippen LogP contribution in [0.3, 0.4) is 0 Å². The number of carbonyl (C=O) groups excluding carboxylic acids is 1. The van der Waals surface area contributed by atoms with Gasteiger partial charge in [-0.05, 0) is 12.3 Å². The minimum absolute atomic E-state index is 0. The molecule has 14 heavy (non-hydrogen) atoms. The third-order valence-corrected chi connectivity index (χ3v) is 3.00. The number of unbranched alkanes of at least 4 members (excludes halogenated alkanes) is 2. The number of rotatable bonds is 6. The first-order valence-corrected chi connectivity index (χ1v) is 5.14. The van der Waals surface area contributed by atoms with Gasteiger partial charge >= 0.3 is 51.4 Å². The maximum absolute atomic E-state index is 10.8. The zero-order valence-corrected chi connectivity index (χ0v) is 13.3. The summed E-state index contributed by atoms with van der Waals surface area (Å²) in [5.41, 5.74) is -0.687. The Morgan fingerprint density at radius 3 is 2.21 bits per heavy atom. The van der Waals surface area contributed by atoms with E-state index in [1.54, 1.807) is 13.8 Å². The fourth-order valence-corrected chi connectivity index (χ4v) is 1.26. The maximum atomic E-state index is 10.8. The molecule has 1 atom stereocenters. The van der Waals surface area contributed by atoms with Gasteiger partial charge in [0.05, 0.1) is 0 Å². The predicted molar refractivity (Wildman–Crippen MR) is 52.1 cm³/mol. The number of hydrogen-bond donors (Lipinski definition) is 0. The van der Waals surface area contributed by atoms with E-state index in [1.165, 1.54) is 12.8 Å². The van der Waals surface area contributed by atoms with Crippen molar-refractivity contribution in [2.45, 2.75) is 53.4 Å². The average Bonchev–Trinajstić information content (AvgIpc) is 2.04. The Morgan fingerprint density at radius 1 is 1.36 bits per heavy atom. The summed E-state index contributed by atoms with van der Waals surface area (Å²) in [6.45, 7) is 7.64. The van der Waals surface area contributed by atoms with E-state index in [4.69, 9.17) is 0 Å². The van der Waals surface area contributed by atoms with Crippen molar-refractivity contribution in [3.05, 3.63) is 0 Å². The molecule has 1 unspecified atom stereocenters. The Hall–Kier alpha value is 1.11. The molecule has 0 N–H and O–H groups in total. The Kier molecular flexibility index (Phi) is 10.4. The van der Waals surface area contributed by atoms with Crippen LogP contribution in [0.1, 0.15) is 53.4 Å². The zero-order chi connectivity index (χ0) is 10.5. The van der Waals surface area contributed by atoms with Crippen molar-refractivity contribution in [2.24, 2.45) is 11.3 Å². The minimum atomic E-state index is -0.934. The summed E-state index contributed by atoms with van der Waals surface area (Å²) < 4.78 is 0. The second kappa shape index (κ2) is 8.28. The number of aliphatic carboxylic acids is 1. The molecule has 0 aliphatic heterocycles. The van der Waals surface area contributed by atoms with Crippen LogP contribution in [-0.2, 0) is 4.79 Å². The van der Waals surface area contributed by atoms with Crippen molar-refractivity contribution >= 4 is 5.97 Å². The van der Waals surface area contributed by atoms with E-state index >= 15 is 0 Å². The Balaban J connectivity index is 0. The molecule has 0 aromatic rings. The van der Waals surface area contributed by atoms with Crippen molar-refractivity contribution in [1.29, 1.82) is 0 Å². The number of hydrogen-bond acceptors (Lipinski definition) is 2. The smallest absolute Gasteiger partial charge is 0.550 e. The fraction of sp³-hybridized carbons (Fsp3) is 0.909. The van der Waals surface area contributed by atoms with Gasteiger partial charge in [-0.25, -0.2) is 0 Å². The summed E-state index contributed by atoms with van der Waals surface area (Å²) in [5, 5.41) is 10.8. The molecule has 0 saturated heterocycles. The van der Waals surface area contributed by atoms with Crippen LogP contribution in [-0.4, -0.2) is 5.97 Å². The molecule has 3 heteroatoms. The molecule has 0 saturated carbocycles. The number of carboxylic acids is 1. The minimum Gasteiger partial charge on any atom is -0.550 e. The molecular formula is C11H21KO2. The van der Waals surface area contributed by atoms with E-state index in [-0.39, 0.29) is 57.3 Å². The van der Waals surface area contributed by atoms with Crippen LogP contribution in [0.15, 0.2) is 0 Å². The van der Waals surface area contributed by atoms with Crippen LogP contribution in [0.25, 0.3) is 0 Å². The van der Waals surface area contributed by atoms with Gasteiger partial charge in [-0.15, -0.1) is 0 Å². The van der Waals surface area contributed by atoms with Gasteiger partial charge in [0.1, 0.15) is 0 Å². The van der Waals surface area contributed by atoms with Crippen LogP contribution in [0, 0.1) is 11.3 Å². The van der Waals surface area contributed by atoms with E-state index in [9.17, 15) is 9.90 Å². The normalized spacial score (nSPS) is 13.1. The summed E-state index contributed by atoms with van der Waals surface area (Å²) in [6, 6.07) is 0. The third kappa shape index (κ3) is 5.86. The molecule has 0 aromatic heterocycles. The van der Waals surface area contributed by atoms with E-state index in [2.05, 4.69) is 6.92 Å². The van der Waals surface area contributed by atoms with E-state index in [0.717, 1.165) is 12.8 Å². The van der Waals surface area contributed by atoms with Crippen LogP contribution in [0.2, 0.25) is 0 Å². The van der Waals surface area contributed by atoms with Gasteiger partial charge < -0.3 is 9.90 Å². The molecule has 0 aliphatic carbocycles. The first-order chi connectivity index (χ1) is 5.92.